The molecule has 1 aliphatic heterocycles. The molecule has 1 aliphatic carbocycles. The van der Waals surface area contributed by atoms with Gasteiger partial charge in [-0.1, -0.05) is 38.2 Å². The Labute approximate surface area is 156 Å². The third-order valence-electron chi connectivity index (χ3n) is 5.24. The highest BCUT2D eigenvalue weighted by Gasteiger charge is 2.25. The van der Waals surface area contributed by atoms with Crippen molar-refractivity contribution < 1.29 is 13.2 Å². The summed E-state index contributed by atoms with van der Waals surface area (Å²) >= 11 is 0. The first-order valence-electron chi connectivity index (χ1n) is 9.73. The maximum absolute atomic E-state index is 12.9. The van der Waals surface area contributed by atoms with Gasteiger partial charge in [-0.25, -0.2) is 13.2 Å². The Morgan fingerprint density at radius 1 is 0.962 bits per heavy atom. The molecule has 2 fully saturated rings. The zero-order valence-electron chi connectivity index (χ0n) is 15.2. The maximum atomic E-state index is 12.9. The fourth-order valence-corrected chi connectivity index (χ4v) is 5.33. The van der Waals surface area contributed by atoms with Crippen molar-refractivity contribution in [3.05, 3.63) is 24.3 Å². The number of rotatable bonds is 4. The van der Waals surface area contributed by atoms with E-state index in [1.54, 1.807) is 28.6 Å². The summed E-state index contributed by atoms with van der Waals surface area (Å²) in [6.07, 6.45) is 9.51. The average molecular weight is 380 g/mol. The minimum atomic E-state index is -3.51. The van der Waals surface area contributed by atoms with Crippen LogP contribution in [0.25, 0.3) is 0 Å². The van der Waals surface area contributed by atoms with Crippen molar-refractivity contribution in [2.45, 2.75) is 68.7 Å². The minimum absolute atomic E-state index is 0.216. The molecule has 2 aliphatic rings. The fourth-order valence-electron chi connectivity index (χ4n) is 3.76. The smallest absolute Gasteiger partial charge is 0.319 e. The third kappa shape index (κ3) is 4.98. The quantitative estimate of drug-likeness (QED) is 0.837. The fraction of sp³-hybridized carbons (Fsp3) is 0.632. The van der Waals surface area contributed by atoms with E-state index in [1.165, 1.54) is 6.42 Å². The summed E-state index contributed by atoms with van der Waals surface area (Å²) in [6.45, 7) is 1.14. The molecule has 144 valence electrons. The Morgan fingerprint density at radius 3 is 2.31 bits per heavy atom. The second-order valence-corrected chi connectivity index (χ2v) is 9.22. The molecule has 1 saturated carbocycles. The lowest BCUT2D eigenvalue weighted by Crippen LogP contribution is -2.39. The molecule has 1 heterocycles. The lowest BCUT2D eigenvalue weighted by atomic mass is 9.96. The van der Waals surface area contributed by atoms with Crippen LogP contribution in [0, 0.1) is 0 Å². The first-order chi connectivity index (χ1) is 12.6. The van der Waals surface area contributed by atoms with Crippen molar-refractivity contribution in [1.29, 1.82) is 0 Å². The van der Waals surface area contributed by atoms with Gasteiger partial charge in [0.2, 0.25) is 10.0 Å². The Bertz CT molecular complexity index is 706. The van der Waals surface area contributed by atoms with Crippen LogP contribution in [-0.2, 0) is 10.0 Å². The van der Waals surface area contributed by atoms with E-state index in [9.17, 15) is 13.2 Å². The number of benzene rings is 1. The topological polar surface area (TPSA) is 78.5 Å². The summed E-state index contributed by atoms with van der Waals surface area (Å²) in [4.78, 5) is 12.5. The van der Waals surface area contributed by atoms with Crippen LogP contribution in [-0.4, -0.2) is 37.9 Å². The van der Waals surface area contributed by atoms with E-state index in [0.717, 1.165) is 51.4 Å². The van der Waals surface area contributed by atoms with Crippen molar-refractivity contribution in [1.82, 2.24) is 9.62 Å². The second kappa shape index (κ2) is 8.86. The van der Waals surface area contributed by atoms with Gasteiger partial charge >= 0.3 is 6.03 Å². The van der Waals surface area contributed by atoms with Gasteiger partial charge in [0.05, 0.1) is 4.90 Å². The van der Waals surface area contributed by atoms with E-state index in [4.69, 9.17) is 0 Å². The SMILES string of the molecule is O=C(Nc1cccc(S(=O)(=O)N2CCCCCC2)c1)NC1CCCCC1. The van der Waals surface area contributed by atoms with Gasteiger partial charge in [0.15, 0.2) is 0 Å². The third-order valence-corrected chi connectivity index (χ3v) is 7.13. The number of urea groups is 1. The predicted octanol–water partition coefficient (Wildman–Crippen LogP) is 3.71. The molecule has 2 N–H and O–H groups in total. The highest BCUT2D eigenvalue weighted by atomic mass is 32.2. The molecule has 3 rings (SSSR count). The van der Waals surface area contributed by atoms with Crippen LogP contribution in [0.15, 0.2) is 29.2 Å². The molecule has 0 atom stereocenters. The molecular formula is C19H29N3O3S. The Kier molecular flexibility index (Phi) is 6.53. The summed E-state index contributed by atoms with van der Waals surface area (Å²) < 4.78 is 27.4. The summed E-state index contributed by atoms with van der Waals surface area (Å²) in [5.41, 5.74) is 0.509. The first kappa shape index (κ1) is 19.2. The summed E-state index contributed by atoms with van der Waals surface area (Å²) in [5, 5.41) is 5.77. The van der Waals surface area contributed by atoms with E-state index in [1.807, 2.05) is 0 Å². The van der Waals surface area contributed by atoms with E-state index >= 15 is 0 Å². The Balaban J connectivity index is 1.66. The Hall–Kier alpha value is -1.60. The summed E-state index contributed by atoms with van der Waals surface area (Å²) in [5.74, 6) is 0. The second-order valence-electron chi connectivity index (χ2n) is 7.28. The largest absolute Gasteiger partial charge is 0.335 e. The van der Waals surface area contributed by atoms with Gasteiger partial charge in [0, 0.05) is 24.8 Å². The number of carbonyl (C=O) groups is 1. The number of hydrogen-bond acceptors (Lipinski definition) is 3. The molecular weight excluding hydrogens is 350 g/mol. The van der Waals surface area contributed by atoms with Crippen molar-refractivity contribution in [2.75, 3.05) is 18.4 Å². The van der Waals surface area contributed by atoms with Crippen molar-refractivity contribution in [3.8, 4) is 0 Å². The van der Waals surface area contributed by atoms with Gasteiger partial charge in [0.25, 0.3) is 0 Å². The number of nitrogens with one attached hydrogen (secondary N) is 2. The number of amides is 2. The normalized spacial score (nSPS) is 20.3. The van der Waals surface area contributed by atoms with Crippen LogP contribution in [0.4, 0.5) is 10.5 Å². The number of carbonyl (C=O) groups excluding carboxylic acids is 1. The van der Waals surface area contributed by atoms with Gasteiger partial charge in [-0.2, -0.15) is 4.31 Å². The van der Waals surface area contributed by atoms with Gasteiger partial charge in [-0.05, 0) is 43.9 Å². The van der Waals surface area contributed by atoms with E-state index in [0.29, 0.717) is 18.8 Å². The predicted molar refractivity (Wildman–Crippen MR) is 103 cm³/mol. The highest BCUT2D eigenvalue weighted by molar-refractivity contribution is 7.89. The molecule has 0 radical (unpaired) electrons. The van der Waals surface area contributed by atoms with E-state index in [-0.39, 0.29) is 17.0 Å². The zero-order valence-corrected chi connectivity index (χ0v) is 16.1. The van der Waals surface area contributed by atoms with Crippen molar-refractivity contribution >= 4 is 21.7 Å². The summed E-state index contributed by atoms with van der Waals surface area (Å²) in [6, 6.07) is 6.52. The molecule has 1 saturated heterocycles. The maximum Gasteiger partial charge on any atom is 0.319 e. The molecule has 0 spiro atoms. The number of sulfonamides is 1. The number of anilines is 1. The van der Waals surface area contributed by atoms with Crippen molar-refractivity contribution in [2.24, 2.45) is 0 Å². The lowest BCUT2D eigenvalue weighted by Gasteiger charge is -2.23. The van der Waals surface area contributed by atoms with Gasteiger partial charge < -0.3 is 10.6 Å². The van der Waals surface area contributed by atoms with Crippen molar-refractivity contribution in [3.63, 3.8) is 0 Å². The standard InChI is InChI=1S/C19H29N3O3S/c23-19(20-16-9-4-3-5-10-16)21-17-11-8-12-18(15-17)26(24,25)22-13-6-1-2-7-14-22/h8,11-12,15-16H,1-7,9-10,13-14H2,(H2,20,21,23). The average Bonchev–Trinajstić information content (AvgIpc) is 2.92. The first-order valence-corrected chi connectivity index (χ1v) is 11.2. The molecule has 0 aromatic heterocycles. The van der Waals surface area contributed by atoms with Crippen LogP contribution >= 0.6 is 0 Å². The number of hydrogen-bond donors (Lipinski definition) is 2. The molecule has 6 nitrogen and oxygen atoms in total. The van der Waals surface area contributed by atoms with Gasteiger partial charge in [-0.15, -0.1) is 0 Å². The monoisotopic (exact) mass is 379 g/mol. The summed E-state index contributed by atoms with van der Waals surface area (Å²) in [7, 11) is -3.51. The molecule has 1 aromatic carbocycles. The van der Waals surface area contributed by atoms with E-state index < -0.39 is 10.0 Å². The van der Waals surface area contributed by atoms with Crippen LogP contribution < -0.4 is 10.6 Å². The molecule has 26 heavy (non-hydrogen) atoms. The highest BCUT2D eigenvalue weighted by Crippen LogP contribution is 2.23. The van der Waals surface area contributed by atoms with Crippen LogP contribution in [0.5, 0.6) is 0 Å². The Morgan fingerprint density at radius 2 is 1.62 bits per heavy atom. The zero-order chi connectivity index (χ0) is 18.4. The van der Waals surface area contributed by atoms with Crippen LogP contribution in [0.2, 0.25) is 0 Å². The van der Waals surface area contributed by atoms with Crippen LogP contribution in [0.3, 0.4) is 0 Å². The number of nitrogens with zero attached hydrogens (tertiary/aromatic N) is 1. The molecule has 0 unspecified atom stereocenters. The molecule has 0 bridgehead atoms. The minimum Gasteiger partial charge on any atom is -0.335 e. The van der Waals surface area contributed by atoms with Gasteiger partial charge in [0.1, 0.15) is 0 Å². The van der Waals surface area contributed by atoms with E-state index in [2.05, 4.69) is 10.6 Å². The molecule has 1 aromatic rings. The lowest BCUT2D eigenvalue weighted by molar-refractivity contribution is 0.244. The molecule has 7 heteroatoms. The molecule has 2 amide bonds. The van der Waals surface area contributed by atoms with Crippen LogP contribution in [0.1, 0.15) is 57.8 Å². The van der Waals surface area contributed by atoms with Gasteiger partial charge in [-0.3, -0.25) is 0 Å².